The summed E-state index contributed by atoms with van der Waals surface area (Å²) in [5, 5.41) is 4.09. The van der Waals surface area contributed by atoms with Crippen LogP contribution in [0.5, 0.6) is 0 Å². The Hall–Kier alpha value is -0.330. The van der Waals surface area contributed by atoms with Crippen molar-refractivity contribution in [3.05, 3.63) is 12.4 Å². The molecular weight excluding hydrogens is 266 g/mol. The van der Waals surface area contributed by atoms with E-state index in [1.807, 2.05) is 6.20 Å². The van der Waals surface area contributed by atoms with Gasteiger partial charge in [0, 0.05) is 61.7 Å². The third-order valence-electron chi connectivity index (χ3n) is 2.81. The third kappa shape index (κ3) is 4.40. The van der Waals surface area contributed by atoms with Crippen LogP contribution in [-0.2, 0) is 11.3 Å². The summed E-state index contributed by atoms with van der Waals surface area (Å²) < 4.78 is 7.27. The molecule has 1 aromatic rings. The van der Waals surface area contributed by atoms with Crippen LogP contribution in [0.2, 0.25) is 0 Å². The fourth-order valence-electron chi connectivity index (χ4n) is 1.90. The molecule has 2 rings (SSSR count). The van der Waals surface area contributed by atoms with Gasteiger partial charge in [-0.15, -0.1) is 0 Å². The topological polar surface area (TPSA) is 39.1 Å². The van der Waals surface area contributed by atoms with Crippen molar-refractivity contribution in [1.82, 2.24) is 9.55 Å². The molecule has 1 unspecified atom stereocenters. The van der Waals surface area contributed by atoms with Gasteiger partial charge in [-0.25, -0.2) is 4.98 Å². The Kier molecular flexibility index (Phi) is 6.23. The molecule has 18 heavy (non-hydrogen) atoms. The van der Waals surface area contributed by atoms with Crippen LogP contribution in [0.3, 0.4) is 0 Å². The van der Waals surface area contributed by atoms with Gasteiger partial charge >= 0.3 is 0 Å². The molecule has 2 heterocycles. The Labute approximate surface area is 117 Å². The minimum Gasteiger partial charge on any atom is -0.385 e. The van der Waals surface area contributed by atoms with Crippen LogP contribution < -0.4 is 5.32 Å². The van der Waals surface area contributed by atoms with Crippen molar-refractivity contribution in [2.45, 2.75) is 18.2 Å². The number of nitrogens with zero attached hydrogens (tertiary/aromatic N) is 2. The van der Waals surface area contributed by atoms with Crippen molar-refractivity contribution in [3.63, 3.8) is 0 Å². The molecule has 1 saturated heterocycles. The summed E-state index contributed by atoms with van der Waals surface area (Å²) in [6, 6.07) is 0. The first kappa shape index (κ1) is 14.1. The predicted molar refractivity (Wildman–Crippen MR) is 80.8 cm³/mol. The number of imidazole rings is 1. The molecule has 1 N–H and O–H groups in total. The van der Waals surface area contributed by atoms with Crippen molar-refractivity contribution in [2.75, 3.05) is 42.8 Å². The fourth-order valence-corrected chi connectivity index (χ4v) is 4.57. The zero-order valence-electron chi connectivity index (χ0n) is 10.8. The van der Waals surface area contributed by atoms with Gasteiger partial charge in [0.15, 0.2) is 0 Å². The first-order valence-corrected chi connectivity index (χ1v) is 8.54. The molecular formula is C12H21N3OS2. The monoisotopic (exact) mass is 287 g/mol. The molecule has 0 bridgehead atoms. The minimum atomic E-state index is 0.720. The molecule has 0 spiro atoms. The molecule has 0 aromatic carbocycles. The highest BCUT2D eigenvalue weighted by molar-refractivity contribution is 8.06. The number of hydrogen-bond acceptors (Lipinski definition) is 5. The highest BCUT2D eigenvalue weighted by Gasteiger charge is 2.16. The normalized spacial score (nSPS) is 19.9. The van der Waals surface area contributed by atoms with Crippen LogP contribution in [0.1, 0.15) is 6.42 Å². The van der Waals surface area contributed by atoms with Gasteiger partial charge in [-0.05, 0) is 6.42 Å². The van der Waals surface area contributed by atoms with Crippen LogP contribution in [0.15, 0.2) is 12.4 Å². The van der Waals surface area contributed by atoms with Gasteiger partial charge in [0.1, 0.15) is 0 Å². The summed E-state index contributed by atoms with van der Waals surface area (Å²) in [6.07, 6.45) is 4.95. The molecule has 0 aliphatic carbocycles. The highest BCUT2D eigenvalue weighted by Crippen LogP contribution is 2.25. The van der Waals surface area contributed by atoms with Gasteiger partial charge < -0.3 is 14.6 Å². The molecule has 102 valence electrons. The van der Waals surface area contributed by atoms with E-state index in [2.05, 4.69) is 44.6 Å². The maximum absolute atomic E-state index is 5.04. The lowest BCUT2D eigenvalue weighted by Gasteiger charge is -2.22. The Bertz CT molecular complexity index is 340. The standard InChI is InChI=1S/C12H21N3OS2/c1-16-6-2-3-13-12-14-4-5-15(12)9-11-10-17-7-8-18-11/h4-5,11H,2-3,6-10H2,1H3,(H,13,14). The molecule has 1 atom stereocenters. The molecule has 0 radical (unpaired) electrons. The lowest BCUT2D eigenvalue weighted by atomic mass is 10.4. The number of aromatic nitrogens is 2. The average molecular weight is 287 g/mol. The quantitative estimate of drug-likeness (QED) is 0.778. The summed E-state index contributed by atoms with van der Waals surface area (Å²) in [5.41, 5.74) is 0. The van der Waals surface area contributed by atoms with E-state index in [0.29, 0.717) is 0 Å². The van der Waals surface area contributed by atoms with Gasteiger partial charge in [0.05, 0.1) is 0 Å². The predicted octanol–water partition coefficient (Wildman–Crippen LogP) is 2.18. The zero-order valence-corrected chi connectivity index (χ0v) is 12.4. The van der Waals surface area contributed by atoms with Crippen LogP contribution in [0.25, 0.3) is 0 Å². The van der Waals surface area contributed by atoms with Crippen LogP contribution in [0.4, 0.5) is 5.95 Å². The second kappa shape index (κ2) is 7.96. The van der Waals surface area contributed by atoms with E-state index in [1.165, 1.54) is 17.3 Å². The van der Waals surface area contributed by atoms with Gasteiger partial charge in [0.2, 0.25) is 5.95 Å². The Morgan fingerprint density at radius 1 is 1.56 bits per heavy atom. The van der Waals surface area contributed by atoms with E-state index in [0.717, 1.165) is 37.3 Å². The first-order valence-electron chi connectivity index (χ1n) is 6.33. The summed E-state index contributed by atoms with van der Waals surface area (Å²) in [6.45, 7) is 2.77. The number of hydrogen-bond donors (Lipinski definition) is 1. The number of thioether (sulfide) groups is 2. The van der Waals surface area contributed by atoms with E-state index in [4.69, 9.17) is 4.74 Å². The average Bonchev–Trinajstić information content (AvgIpc) is 2.83. The first-order chi connectivity index (χ1) is 8.90. The van der Waals surface area contributed by atoms with Gasteiger partial charge in [-0.3, -0.25) is 0 Å². The zero-order chi connectivity index (χ0) is 12.6. The van der Waals surface area contributed by atoms with Crippen molar-refractivity contribution in [1.29, 1.82) is 0 Å². The number of ether oxygens (including phenoxy) is 1. The smallest absolute Gasteiger partial charge is 0.202 e. The Morgan fingerprint density at radius 2 is 2.50 bits per heavy atom. The SMILES string of the molecule is COCCCNc1nccn1CC1CSCCS1. The molecule has 1 aliphatic heterocycles. The number of anilines is 1. The molecule has 1 aromatic heterocycles. The fraction of sp³-hybridized carbons (Fsp3) is 0.750. The van der Waals surface area contributed by atoms with Crippen molar-refractivity contribution < 1.29 is 4.74 Å². The molecule has 1 fully saturated rings. The third-order valence-corrected chi connectivity index (χ3v) is 5.64. The molecule has 0 saturated carbocycles. The van der Waals surface area contributed by atoms with E-state index >= 15 is 0 Å². The van der Waals surface area contributed by atoms with Crippen LogP contribution in [-0.4, -0.2) is 52.3 Å². The Balaban J connectivity index is 1.79. The van der Waals surface area contributed by atoms with Crippen molar-refractivity contribution in [3.8, 4) is 0 Å². The van der Waals surface area contributed by atoms with E-state index < -0.39 is 0 Å². The lowest BCUT2D eigenvalue weighted by Crippen LogP contribution is -2.21. The van der Waals surface area contributed by atoms with E-state index in [-0.39, 0.29) is 0 Å². The second-order valence-corrected chi connectivity index (χ2v) is 6.80. The molecule has 6 heteroatoms. The van der Waals surface area contributed by atoms with Gasteiger partial charge in [-0.1, -0.05) is 0 Å². The maximum atomic E-state index is 5.04. The molecule has 1 aliphatic rings. The van der Waals surface area contributed by atoms with Crippen LogP contribution >= 0.6 is 23.5 Å². The number of rotatable bonds is 7. The lowest BCUT2D eigenvalue weighted by molar-refractivity contribution is 0.197. The minimum absolute atomic E-state index is 0.720. The molecule has 4 nitrogen and oxygen atoms in total. The number of nitrogens with one attached hydrogen (secondary N) is 1. The highest BCUT2D eigenvalue weighted by atomic mass is 32.2. The summed E-state index contributed by atoms with van der Waals surface area (Å²) in [7, 11) is 1.74. The van der Waals surface area contributed by atoms with Gasteiger partial charge in [0.25, 0.3) is 0 Å². The second-order valence-electron chi connectivity index (χ2n) is 4.24. The van der Waals surface area contributed by atoms with E-state index in [9.17, 15) is 0 Å². The summed E-state index contributed by atoms with van der Waals surface area (Å²) >= 11 is 4.15. The van der Waals surface area contributed by atoms with E-state index in [1.54, 1.807) is 7.11 Å². The van der Waals surface area contributed by atoms with Crippen molar-refractivity contribution >= 4 is 29.5 Å². The molecule has 0 amide bonds. The maximum Gasteiger partial charge on any atom is 0.202 e. The van der Waals surface area contributed by atoms with Crippen LogP contribution in [0, 0.1) is 0 Å². The summed E-state index contributed by atoms with van der Waals surface area (Å²) in [5.74, 6) is 4.82. The van der Waals surface area contributed by atoms with Gasteiger partial charge in [-0.2, -0.15) is 23.5 Å². The summed E-state index contributed by atoms with van der Waals surface area (Å²) in [4.78, 5) is 4.37. The largest absolute Gasteiger partial charge is 0.385 e. The number of methoxy groups -OCH3 is 1. The Morgan fingerprint density at radius 3 is 3.28 bits per heavy atom. The van der Waals surface area contributed by atoms with Crippen molar-refractivity contribution in [2.24, 2.45) is 0 Å².